The lowest BCUT2D eigenvalue weighted by atomic mass is 9.94. The summed E-state index contributed by atoms with van der Waals surface area (Å²) in [7, 11) is 0. The number of ketones is 1. The Morgan fingerprint density at radius 2 is 1.80 bits per heavy atom. The lowest BCUT2D eigenvalue weighted by molar-refractivity contribution is -0.393. The second-order valence-corrected chi connectivity index (χ2v) is 8.61. The molecule has 220 valence electrons. The molecule has 2 aromatic heterocycles. The first-order valence-corrected chi connectivity index (χ1v) is 11.8. The summed E-state index contributed by atoms with van der Waals surface area (Å²) in [6, 6.07) is 6.61. The number of Topliss-reactive ketones (excluding diaryl/α,β-unsaturated/α-hetero) is 1. The van der Waals surface area contributed by atoms with Crippen LogP contribution in [0.4, 0.5) is 24.7 Å². The van der Waals surface area contributed by atoms with Crippen molar-refractivity contribution in [3.05, 3.63) is 59.3 Å². The number of aromatic nitrogens is 5. The summed E-state index contributed by atoms with van der Waals surface area (Å²) in [6.07, 6.45) is -2.27. The lowest BCUT2D eigenvalue weighted by Gasteiger charge is -2.11. The molecule has 3 aromatic rings. The van der Waals surface area contributed by atoms with E-state index in [1.165, 1.54) is 0 Å². The van der Waals surface area contributed by atoms with Crippen LogP contribution in [0.2, 0.25) is 0 Å². The Balaban J connectivity index is 0.000000745. The van der Waals surface area contributed by atoms with E-state index in [9.17, 15) is 32.7 Å². The fourth-order valence-corrected chi connectivity index (χ4v) is 3.27. The summed E-state index contributed by atoms with van der Waals surface area (Å²) in [5.74, 6) is -5.52. The fourth-order valence-electron chi connectivity index (χ4n) is 3.27. The number of halogens is 3. The van der Waals surface area contributed by atoms with Crippen molar-refractivity contribution in [1.29, 1.82) is 0 Å². The van der Waals surface area contributed by atoms with Gasteiger partial charge >= 0.3 is 18.1 Å². The molecule has 17 heteroatoms. The molecule has 2 heterocycles. The second kappa shape index (κ2) is 14.3. The minimum Gasteiger partial charge on any atom is -0.542 e. The number of benzene rings is 1. The normalized spacial score (nSPS) is 11.6. The number of nitrogens with one attached hydrogen (secondary N) is 2. The third kappa shape index (κ3) is 10.9. The molecule has 0 aliphatic rings. The van der Waals surface area contributed by atoms with E-state index in [1.54, 1.807) is 41.3 Å². The lowest BCUT2D eigenvalue weighted by Crippen LogP contribution is -2.37. The number of carbonyl (C=O) groups excluding carboxylic acids is 2. The van der Waals surface area contributed by atoms with Crippen LogP contribution in [0.1, 0.15) is 46.7 Å². The van der Waals surface area contributed by atoms with E-state index >= 15 is 0 Å². The smallest absolute Gasteiger partial charge is 0.430 e. The number of rotatable bonds is 12. The highest BCUT2D eigenvalue weighted by molar-refractivity contribution is 5.98. The van der Waals surface area contributed by atoms with Crippen LogP contribution in [0.15, 0.2) is 36.7 Å². The Morgan fingerprint density at radius 3 is 2.34 bits per heavy atom. The summed E-state index contributed by atoms with van der Waals surface area (Å²) < 4.78 is 33.2. The summed E-state index contributed by atoms with van der Waals surface area (Å²) in [5, 5.41) is 38.2. The number of aryl methyl sites for hydroxylation is 1. The van der Waals surface area contributed by atoms with E-state index in [0.29, 0.717) is 30.2 Å². The number of carboxylic acids is 3. The highest BCUT2D eigenvalue weighted by Crippen LogP contribution is 2.18. The molecule has 41 heavy (non-hydrogen) atoms. The Morgan fingerprint density at radius 1 is 1.17 bits per heavy atom. The average Bonchev–Trinajstić information content (AvgIpc) is 3.34. The van der Waals surface area contributed by atoms with Gasteiger partial charge in [-0.1, -0.05) is 5.21 Å². The molecular formula is C24H26F3N7O7. The van der Waals surface area contributed by atoms with E-state index in [1.807, 2.05) is 6.92 Å². The topological polar surface area (TPSA) is 228 Å². The summed E-state index contributed by atoms with van der Waals surface area (Å²) >= 11 is 0. The standard InChI is InChI=1S/C22H25N7O5.C2HF3O2/c1-13-24-9-16(21(23)26-13)11-29-12-18(27-28-29)10-25-17-5-2-14(3-6-17)19(30)8-15(22(33)34)4-7-20(31)32;3-2(4,5)1(6)7/h2-3,5-6,9,12,15,25H,4,7-8,10-11H2,1H3,(H,31,32)(H,33,34)(H2,23,24,26);(H,6,7). The molecule has 0 aliphatic heterocycles. The van der Waals surface area contributed by atoms with Crippen LogP contribution < -0.4 is 21.1 Å². The number of alkyl halides is 3. The third-order valence-corrected chi connectivity index (χ3v) is 5.39. The number of nitrogens with two attached hydrogens (primary N) is 1. The molecule has 6 N–H and O–H groups in total. The van der Waals surface area contributed by atoms with Crippen LogP contribution >= 0.6 is 0 Å². The van der Waals surface area contributed by atoms with Gasteiger partial charge in [-0.25, -0.2) is 9.67 Å². The monoisotopic (exact) mass is 581 g/mol. The van der Waals surface area contributed by atoms with Crippen molar-refractivity contribution in [3.8, 4) is 0 Å². The maximum Gasteiger partial charge on any atom is 0.430 e. The van der Waals surface area contributed by atoms with Crippen LogP contribution in [-0.4, -0.2) is 60.1 Å². The predicted octanol–water partition coefficient (Wildman–Crippen LogP) is 0.475. The molecule has 0 bridgehead atoms. The number of nitrogen functional groups attached to an aromatic ring is 1. The van der Waals surface area contributed by atoms with Gasteiger partial charge in [-0.3, -0.25) is 14.4 Å². The van der Waals surface area contributed by atoms with Crippen LogP contribution in [0.25, 0.3) is 0 Å². The van der Waals surface area contributed by atoms with Gasteiger partial charge < -0.3 is 31.2 Å². The van der Waals surface area contributed by atoms with Gasteiger partial charge in [-0.15, -0.1) is 5.10 Å². The Bertz CT molecular complexity index is 1380. The number of aliphatic carboxylic acids is 3. The van der Waals surface area contributed by atoms with Crippen molar-refractivity contribution in [3.63, 3.8) is 0 Å². The van der Waals surface area contributed by atoms with Crippen molar-refractivity contribution in [2.45, 2.75) is 45.5 Å². The zero-order valence-electron chi connectivity index (χ0n) is 21.5. The number of carbonyl (C=O) groups is 4. The van der Waals surface area contributed by atoms with Gasteiger partial charge in [0, 0.05) is 31.0 Å². The molecule has 14 nitrogen and oxygen atoms in total. The second-order valence-electron chi connectivity index (χ2n) is 8.61. The molecule has 3 rings (SSSR count). The van der Waals surface area contributed by atoms with Crippen molar-refractivity contribution in [2.75, 3.05) is 11.1 Å². The SMILES string of the molecule is Cc1nc(N)c(Cn2cc(CNc3ccc(C(=O)CC(CCC(=O)O)C(=O)O)cc3)nn2)c[nH+]1.O=C([O-])C(F)(F)F. The molecule has 0 fully saturated rings. The number of anilines is 2. The van der Waals surface area contributed by atoms with Gasteiger partial charge in [0.05, 0.1) is 37.0 Å². The van der Waals surface area contributed by atoms with E-state index in [-0.39, 0.29) is 25.0 Å². The number of hydrogen-bond acceptors (Lipinski definition) is 10. The van der Waals surface area contributed by atoms with E-state index in [4.69, 9.17) is 20.7 Å². The van der Waals surface area contributed by atoms with Gasteiger partial charge in [0.1, 0.15) is 11.7 Å². The minimum atomic E-state index is -5.19. The summed E-state index contributed by atoms with van der Waals surface area (Å²) in [6.45, 7) is 2.64. The Kier molecular flexibility index (Phi) is 11.2. The highest BCUT2D eigenvalue weighted by Gasteiger charge is 2.29. The predicted molar refractivity (Wildman–Crippen MR) is 131 cm³/mol. The van der Waals surface area contributed by atoms with E-state index in [0.717, 1.165) is 17.1 Å². The molecule has 0 saturated carbocycles. The molecule has 0 amide bonds. The minimum absolute atomic E-state index is 0.0952. The van der Waals surface area contributed by atoms with Crippen molar-refractivity contribution >= 4 is 35.2 Å². The first-order chi connectivity index (χ1) is 19.1. The van der Waals surface area contributed by atoms with Gasteiger partial charge in [-0.05, 0) is 35.7 Å². The number of aromatic amines is 1. The molecule has 1 unspecified atom stereocenters. The molecule has 0 saturated heterocycles. The van der Waals surface area contributed by atoms with Crippen molar-refractivity contribution in [1.82, 2.24) is 20.0 Å². The van der Waals surface area contributed by atoms with Gasteiger partial charge in [0.15, 0.2) is 5.78 Å². The van der Waals surface area contributed by atoms with E-state index in [2.05, 4.69) is 25.6 Å². The average molecular weight is 582 g/mol. The van der Waals surface area contributed by atoms with Crippen LogP contribution in [0.5, 0.6) is 0 Å². The first-order valence-electron chi connectivity index (χ1n) is 11.8. The summed E-state index contributed by atoms with van der Waals surface area (Å²) in [4.78, 5) is 50.4. The quantitative estimate of drug-likeness (QED) is 0.214. The van der Waals surface area contributed by atoms with Crippen molar-refractivity contribution in [2.24, 2.45) is 5.92 Å². The van der Waals surface area contributed by atoms with Gasteiger partial charge in [-0.2, -0.15) is 13.2 Å². The maximum atomic E-state index is 12.4. The van der Waals surface area contributed by atoms with Crippen LogP contribution in [0, 0.1) is 12.8 Å². The Hall–Kier alpha value is -5.09. The van der Waals surface area contributed by atoms with Crippen molar-refractivity contribution < 1.29 is 52.7 Å². The number of hydrogen-bond donors (Lipinski definition) is 4. The third-order valence-electron chi connectivity index (χ3n) is 5.39. The molecular weight excluding hydrogens is 555 g/mol. The molecule has 0 radical (unpaired) electrons. The van der Waals surface area contributed by atoms with Crippen LogP contribution in [0.3, 0.4) is 0 Å². The van der Waals surface area contributed by atoms with E-state index < -0.39 is 30.0 Å². The molecule has 1 atom stereocenters. The number of carboxylic acid groups (broad SMARTS) is 3. The highest BCUT2D eigenvalue weighted by atomic mass is 19.4. The maximum absolute atomic E-state index is 12.4. The first kappa shape index (κ1) is 32.1. The van der Waals surface area contributed by atoms with Gasteiger partial charge in [0.2, 0.25) is 5.82 Å². The fraction of sp³-hybridized carbons (Fsp3) is 0.333. The molecule has 0 spiro atoms. The zero-order chi connectivity index (χ0) is 30.7. The van der Waals surface area contributed by atoms with Gasteiger partial charge in [0.25, 0.3) is 5.82 Å². The molecule has 0 aliphatic carbocycles. The largest absolute Gasteiger partial charge is 0.542 e. The summed E-state index contributed by atoms with van der Waals surface area (Å²) in [5.41, 5.74) is 8.53. The Labute approximate surface area is 230 Å². The van der Waals surface area contributed by atoms with Crippen LogP contribution in [-0.2, 0) is 27.5 Å². The molecule has 1 aromatic carbocycles. The number of H-pyrrole nitrogens is 1. The number of nitrogens with zero attached hydrogens (tertiary/aromatic N) is 4. The zero-order valence-corrected chi connectivity index (χ0v) is 21.5.